The van der Waals surface area contributed by atoms with Gasteiger partial charge >= 0.3 is 0 Å². The average Bonchev–Trinajstić information content (AvgIpc) is 2.88. The van der Waals surface area contributed by atoms with Gasteiger partial charge in [0.15, 0.2) is 9.84 Å². The van der Waals surface area contributed by atoms with Crippen LogP contribution in [0.5, 0.6) is 0 Å². The van der Waals surface area contributed by atoms with Crippen LogP contribution in [0.15, 0.2) is 41.7 Å². The number of nitrogens with one attached hydrogen (secondary N) is 2. The maximum absolute atomic E-state index is 11.8. The van der Waals surface area contributed by atoms with Crippen LogP contribution in [-0.4, -0.2) is 30.5 Å². The summed E-state index contributed by atoms with van der Waals surface area (Å²) in [7, 11) is -3.24. The van der Waals surface area contributed by atoms with Gasteiger partial charge < -0.3 is 10.3 Å². The van der Waals surface area contributed by atoms with Crippen molar-refractivity contribution in [3.63, 3.8) is 0 Å². The Labute approximate surface area is 110 Å². The highest BCUT2D eigenvalue weighted by Crippen LogP contribution is 2.10. The predicted octanol–water partition coefficient (Wildman–Crippen LogP) is 0.743. The Balaban J connectivity index is 2.04. The molecule has 0 unspecified atom stereocenters. The molecule has 1 aromatic carbocycles. The molecule has 0 bridgehead atoms. The van der Waals surface area contributed by atoms with E-state index in [0.29, 0.717) is 12.1 Å². The van der Waals surface area contributed by atoms with Gasteiger partial charge in [0.25, 0.3) is 5.91 Å². The number of carbonyl (C=O) groups is 1. The van der Waals surface area contributed by atoms with Gasteiger partial charge in [-0.05, 0) is 24.3 Å². The second-order valence-electron chi connectivity index (χ2n) is 4.06. The van der Waals surface area contributed by atoms with Crippen molar-refractivity contribution in [3.05, 3.63) is 48.0 Å². The summed E-state index contributed by atoms with van der Waals surface area (Å²) in [6, 6.07) is 5.80. The molecule has 0 aliphatic rings. The normalized spacial score (nSPS) is 11.2. The molecule has 0 aliphatic heterocycles. The molecule has 1 heterocycles. The monoisotopic (exact) mass is 279 g/mol. The number of H-pyrrole nitrogens is 1. The second kappa shape index (κ2) is 5.23. The number of aromatic amines is 1. The van der Waals surface area contributed by atoms with Crippen LogP contribution in [0, 0.1) is 0 Å². The van der Waals surface area contributed by atoms with Gasteiger partial charge in [0.05, 0.1) is 23.5 Å². The van der Waals surface area contributed by atoms with Crippen LogP contribution in [-0.2, 0) is 16.4 Å². The molecule has 0 aliphatic carbocycles. The number of amides is 1. The lowest BCUT2D eigenvalue weighted by molar-refractivity contribution is 0.0950. The van der Waals surface area contributed by atoms with E-state index < -0.39 is 9.84 Å². The highest BCUT2D eigenvalue weighted by atomic mass is 32.2. The average molecular weight is 279 g/mol. The lowest BCUT2D eigenvalue weighted by atomic mass is 10.2. The molecule has 7 heteroatoms. The molecular formula is C12H13N3O3S. The molecule has 2 rings (SSSR count). The van der Waals surface area contributed by atoms with Crippen molar-refractivity contribution in [3.8, 4) is 0 Å². The zero-order valence-corrected chi connectivity index (χ0v) is 11.1. The number of imidazole rings is 1. The van der Waals surface area contributed by atoms with Crippen LogP contribution in [0.2, 0.25) is 0 Å². The van der Waals surface area contributed by atoms with Crippen LogP contribution < -0.4 is 5.32 Å². The molecule has 0 spiro atoms. The maximum atomic E-state index is 11.8. The Bertz CT molecular complexity index is 661. The smallest absolute Gasteiger partial charge is 0.251 e. The molecule has 1 aromatic heterocycles. The molecule has 19 heavy (non-hydrogen) atoms. The number of nitrogens with zero attached hydrogens (tertiary/aromatic N) is 1. The number of aromatic nitrogens is 2. The van der Waals surface area contributed by atoms with Crippen LogP contribution >= 0.6 is 0 Å². The van der Waals surface area contributed by atoms with E-state index in [4.69, 9.17) is 0 Å². The quantitative estimate of drug-likeness (QED) is 0.863. The SMILES string of the molecule is CS(=O)(=O)c1ccc(C(=O)NCc2cnc[nH]2)cc1. The first-order chi connectivity index (χ1) is 8.97. The van der Waals surface area contributed by atoms with E-state index in [1.54, 1.807) is 6.20 Å². The van der Waals surface area contributed by atoms with Gasteiger partial charge in [-0.3, -0.25) is 4.79 Å². The Morgan fingerprint density at radius 3 is 2.53 bits per heavy atom. The predicted molar refractivity (Wildman–Crippen MR) is 69.3 cm³/mol. The molecule has 2 N–H and O–H groups in total. The van der Waals surface area contributed by atoms with Gasteiger partial charge in [0, 0.05) is 18.0 Å². The van der Waals surface area contributed by atoms with Crippen LogP contribution in [0.4, 0.5) is 0 Å². The number of hydrogen-bond acceptors (Lipinski definition) is 4. The number of benzene rings is 1. The topological polar surface area (TPSA) is 91.9 Å². The molecular weight excluding hydrogens is 266 g/mol. The zero-order chi connectivity index (χ0) is 13.9. The van der Waals surface area contributed by atoms with E-state index in [9.17, 15) is 13.2 Å². The third-order valence-corrected chi connectivity index (χ3v) is 3.67. The summed E-state index contributed by atoms with van der Waals surface area (Å²) < 4.78 is 22.6. The lowest BCUT2D eigenvalue weighted by Gasteiger charge is -2.04. The summed E-state index contributed by atoms with van der Waals surface area (Å²) in [4.78, 5) is 18.7. The Morgan fingerprint density at radius 2 is 2.00 bits per heavy atom. The van der Waals surface area contributed by atoms with E-state index in [0.717, 1.165) is 11.9 Å². The Kier molecular flexibility index (Phi) is 3.66. The summed E-state index contributed by atoms with van der Waals surface area (Å²) in [5, 5.41) is 2.70. The largest absolute Gasteiger partial charge is 0.347 e. The molecule has 100 valence electrons. The van der Waals surface area contributed by atoms with E-state index in [2.05, 4.69) is 15.3 Å². The fourth-order valence-corrected chi connectivity index (χ4v) is 2.14. The van der Waals surface area contributed by atoms with Crippen molar-refractivity contribution in [2.24, 2.45) is 0 Å². The number of rotatable bonds is 4. The standard InChI is InChI=1S/C12H13N3O3S/c1-19(17,18)11-4-2-9(3-5-11)12(16)14-7-10-6-13-8-15-10/h2-6,8H,7H2,1H3,(H,13,15)(H,14,16). The van der Waals surface area contributed by atoms with Crippen LogP contribution in [0.1, 0.15) is 16.1 Å². The first-order valence-corrected chi connectivity index (χ1v) is 7.41. The number of carbonyl (C=O) groups excluding carboxylic acids is 1. The Morgan fingerprint density at radius 1 is 1.32 bits per heavy atom. The molecule has 0 fully saturated rings. The van der Waals surface area contributed by atoms with E-state index in [1.165, 1.54) is 30.6 Å². The van der Waals surface area contributed by atoms with Crippen molar-refractivity contribution in [1.82, 2.24) is 15.3 Å². The maximum Gasteiger partial charge on any atom is 0.251 e. The Hall–Kier alpha value is -2.15. The van der Waals surface area contributed by atoms with Gasteiger partial charge in [0.1, 0.15) is 0 Å². The number of hydrogen-bond donors (Lipinski definition) is 2. The van der Waals surface area contributed by atoms with Crippen molar-refractivity contribution < 1.29 is 13.2 Å². The second-order valence-corrected chi connectivity index (χ2v) is 6.07. The highest BCUT2D eigenvalue weighted by molar-refractivity contribution is 7.90. The van der Waals surface area contributed by atoms with Gasteiger partial charge in [-0.1, -0.05) is 0 Å². The lowest BCUT2D eigenvalue weighted by Crippen LogP contribution is -2.22. The van der Waals surface area contributed by atoms with Gasteiger partial charge in [0.2, 0.25) is 0 Å². The molecule has 6 nitrogen and oxygen atoms in total. The first kappa shape index (κ1) is 13.3. The molecule has 0 saturated heterocycles. The highest BCUT2D eigenvalue weighted by Gasteiger charge is 2.09. The van der Waals surface area contributed by atoms with E-state index >= 15 is 0 Å². The van der Waals surface area contributed by atoms with Gasteiger partial charge in [-0.25, -0.2) is 13.4 Å². The summed E-state index contributed by atoms with van der Waals surface area (Å²) in [5.74, 6) is -0.269. The summed E-state index contributed by atoms with van der Waals surface area (Å²) in [5.41, 5.74) is 1.20. The minimum Gasteiger partial charge on any atom is -0.347 e. The van der Waals surface area contributed by atoms with Crippen molar-refractivity contribution in [2.45, 2.75) is 11.4 Å². The van der Waals surface area contributed by atoms with Crippen molar-refractivity contribution in [2.75, 3.05) is 6.26 Å². The fourth-order valence-electron chi connectivity index (χ4n) is 1.51. The summed E-state index contributed by atoms with van der Waals surface area (Å²) in [6.45, 7) is 0.340. The molecule has 2 aromatic rings. The molecule has 0 radical (unpaired) electrons. The van der Waals surface area contributed by atoms with E-state index in [-0.39, 0.29) is 10.8 Å². The van der Waals surface area contributed by atoms with Crippen LogP contribution in [0.25, 0.3) is 0 Å². The summed E-state index contributed by atoms with van der Waals surface area (Å²) in [6.07, 6.45) is 4.27. The van der Waals surface area contributed by atoms with Crippen LogP contribution in [0.3, 0.4) is 0 Å². The summed E-state index contributed by atoms with van der Waals surface area (Å²) >= 11 is 0. The minimum absolute atomic E-state index is 0.192. The van der Waals surface area contributed by atoms with E-state index in [1.807, 2.05) is 0 Å². The molecule has 1 amide bonds. The van der Waals surface area contributed by atoms with Gasteiger partial charge in [-0.2, -0.15) is 0 Å². The fraction of sp³-hybridized carbons (Fsp3) is 0.167. The zero-order valence-electron chi connectivity index (χ0n) is 10.3. The first-order valence-electron chi connectivity index (χ1n) is 5.52. The van der Waals surface area contributed by atoms with Crippen molar-refractivity contribution >= 4 is 15.7 Å². The van der Waals surface area contributed by atoms with Crippen molar-refractivity contribution in [1.29, 1.82) is 0 Å². The molecule has 0 saturated carbocycles. The van der Waals surface area contributed by atoms with Gasteiger partial charge in [-0.15, -0.1) is 0 Å². The third-order valence-electron chi connectivity index (χ3n) is 2.54. The molecule has 0 atom stereocenters. The minimum atomic E-state index is -3.24. The third kappa shape index (κ3) is 3.41. The number of sulfone groups is 1.